The maximum absolute atomic E-state index is 12.6. The fourth-order valence-electron chi connectivity index (χ4n) is 2.27. The molecule has 0 atom stereocenters. The molecule has 0 aliphatic carbocycles. The van der Waals surface area contributed by atoms with E-state index in [1.54, 1.807) is 0 Å². The average molecular weight is 383 g/mol. The van der Waals surface area contributed by atoms with Crippen LogP contribution in [-0.4, -0.2) is 33.2 Å². The average Bonchev–Trinajstić information content (AvgIpc) is 2.66. The monoisotopic (exact) mass is 383 g/mol. The van der Waals surface area contributed by atoms with Crippen molar-refractivity contribution >= 4 is 17.6 Å². The first-order valence-corrected chi connectivity index (χ1v) is 7.54. The highest BCUT2D eigenvalue weighted by molar-refractivity contribution is 6.08. The predicted molar refractivity (Wildman–Crippen MR) is 90.3 cm³/mol. The maximum Gasteiger partial charge on any atom is 0.416 e. The number of anilines is 1. The van der Waals surface area contributed by atoms with Crippen LogP contribution in [0.25, 0.3) is 0 Å². The van der Waals surface area contributed by atoms with Crippen molar-refractivity contribution in [3.8, 4) is 11.5 Å². The van der Waals surface area contributed by atoms with Crippen molar-refractivity contribution in [2.24, 2.45) is 0 Å². The highest BCUT2D eigenvalue weighted by Crippen LogP contribution is 2.34. The molecule has 0 saturated carbocycles. The third kappa shape index (κ3) is 4.49. The molecule has 0 spiro atoms. The summed E-state index contributed by atoms with van der Waals surface area (Å²) in [6, 6.07) is 6.35. The summed E-state index contributed by atoms with van der Waals surface area (Å²) in [6.45, 7) is 0. The van der Waals surface area contributed by atoms with Gasteiger partial charge in [-0.1, -0.05) is 0 Å². The van der Waals surface area contributed by atoms with Gasteiger partial charge < -0.3 is 19.5 Å². The highest BCUT2D eigenvalue weighted by Gasteiger charge is 2.30. The number of carbonyl (C=O) groups excluding carboxylic acids is 2. The summed E-state index contributed by atoms with van der Waals surface area (Å²) < 4.78 is 52.8. The molecule has 1 N–H and O–H groups in total. The molecular weight excluding hydrogens is 367 g/mol. The van der Waals surface area contributed by atoms with Crippen LogP contribution in [0.15, 0.2) is 36.4 Å². The lowest BCUT2D eigenvalue weighted by atomic mass is 10.1. The minimum Gasteiger partial charge on any atom is -0.493 e. The Balaban J connectivity index is 2.37. The largest absolute Gasteiger partial charge is 0.493 e. The Hall–Kier alpha value is -3.23. The van der Waals surface area contributed by atoms with E-state index in [0.29, 0.717) is 0 Å². The molecule has 1 amide bonds. The first kappa shape index (κ1) is 20.1. The van der Waals surface area contributed by atoms with Gasteiger partial charge >= 0.3 is 12.1 Å². The number of ether oxygens (including phenoxy) is 3. The van der Waals surface area contributed by atoms with Crippen LogP contribution in [0.4, 0.5) is 18.9 Å². The second-order valence-corrected chi connectivity index (χ2v) is 5.27. The number of methoxy groups -OCH3 is 3. The number of nitrogens with one attached hydrogen (secondary N) is 1. The molecule has 6 nitrogen and oxygen atoms in total. The van der Waals surface area contributed by atoms with Crippen LogP contribution in [-0.2, 0) is 10.9 Å². The Labute approximate surface area is 152 Å². The second kappa shape index (κ2) is 7.98. The van der Waals surface area contributed by atoms with Gasteiger partial charge in [-0.05, 0) is 24.3 Å². The molecule has 0 heterocycles. The number of hydrogen-bond donors (Lipinski definition) is 1. The molecule has 0 aliphatic rings. The molecular formula is C18H16F3NO5. The predicted octanol–water partition coefficient (Wildman–Crippen LogP) is 3.76. The zero-order chi connectivity index (χ0) is 20.2. The topological polar surface area (TPSA) is 73.9 Å². The standard InChI is InChI=1S/C18H16F3NO5/c1-25-14-8-12(17(24)27-3)13(9-15(14)26-2)22-16(23)10-4-6-11(7-5-10)18(19,20)21/h4-9H,1-3H3,(H,22,23). The van der Waals surface area contributed by atoms with E-state index in [9.17, 15) is 22.8 Å². The van der Waals surface area contributed by atoms with Gasteiger partial charge in [0, 0.05) is 17.7 Å². The fourth-order valence-corrected chi connectivity index (χ4v) is 2.27. The van der Waals surface area contributed by atoms with E-state index in [1.165, 1.54) is 33.5 Å². The highest BCUT2D eigenvalue weighted by atomic mass is 19.4. The first-order valence-electron chi connectivity index (χ1n) is 7.54. The number of hydrogen-bond acceptors (Lipinski definition) is 5. The van der Waals surface area contributed by atoms with Crippen molar-refractivity contribution in [2.75, 3.05) is 26.6 Å². The molecule has 9 heteroatoms. The van der Waals surface area contributed by atoms with Crippen LogP contribution in [0.5, 0.6) is 11.5 Å². The number of rotatable bonds is 5. The van der Waals surface area contributed by atoms with Gasteiger partial charge in [0.2, 0.25) is 0 Å². The lowest BCUT2D eigenvalue weighted by Gasteiger charge is -2.15. The molecule has 0 aromatic heterocycles. The van der Waals surface area contributed by atoms with Crippen LogP contribution in [0.3, 0.4) is 0 Å². The number of amides is 1. The molecule has 144 valence electrons. The minimum absolute atomic E-state index is 0.00425. The molecule has 2 rings (SSSR count). The van der Waals surface area contributed by atoms with Gasteiger partial charge in [0.15, 0.2) is 11.5 Å². The van der Waals surface area contributed by atoms with Crippen LogP contribution >= 0.6 is 0 Å². The summed E-state index contributed by atoms with van der Waals surface area (Å²) in [4.78, 5) is 24.4. The normalized spacial score (nSPS) is 10.9. The summed E-state index contributed by atoms with van der Waals surface area (Å²) in [5, 5.41) is 2.47. The zero-order valence-corrected chi connectivity index (χ0v) is 14.6. The lowest BCUT2D eigenvalue weighted by Crippen LogP contribution is -2.16. The maximum atomic E-state index is 12.6. The molecule has 0 bridgehead atoms. The second-order valence-electron chi connectivity index (χ2n) is 5.27. The van der Waals surface area contributed by atoms with Gasteiger partial charge in [0.05, 0.1) is 38.1 Å². The molecule has 2 aromatic rings. The Morgan fingerprint density at radius 3 is 1.96 bits per heavy atom. The third-order valence-corrected chi connectivity index (χ3v) is 3.65. The number of alkyl halides is 3. The van der Waals surface area contributed by atoms with Crippen LogP contribution in [0, 0.1) is 0 Å². The molecule has 2 aromatic carbocycles. The Morgan fingerprint density at radius 2 is 1.48 bits per heavy atom. The van der Waals surface area contributed by atoms with Crippen LogP contribution in [0.1, 0.15) is 26.3 Å². The number of carbonyl (C=O) groups is 2. The van der Waals surface area contributed by atoms with E-state index in [4.69, 9.17) is 9.47 Å². The van der Waals surface area contributed by atoms with Crippen LogP contribution in [0.2, 0.25) is 0 Å². The van der Waals surface area contributed by atoms with Crippen molar-refractivity contribution in [3.05, 3.63) is 53.1 Å². The minimum atomic E-state index is -4.50. The molecule has 0 aliphatic heterocycles. The smallest absolute Gasteiger partial charge is 0.416 e. The summed E-state index contributed by atoms with van der Waals surface area (Å²) in [6.07, 6.45) is -4.50. The quantitative estimate of drug-likeness (QED) is 0.796. The Bertz CT molecular complexity index is 847. The molecule has 0 unspecified atom stereocenters. The van der Waals surface area contributed by atoms with E-state index < -0.39 is 23.6 Å². The van der Waals surface area contributed by atoms with Gasteiger partial charge in [-0.2, -0.15) is 13.2 Å². The summed E-state index contributed by atoms with van der Waals surface area (Å²) in [5.41, 5.74) is -0.839. The van der Waals surface area contributed by atoms with Gasteiger partial charge in [-0.3, -0.25) is 4.79 Å². The summed E-state index contributed by atoms with van der Waals surface area (Å²) >= 11 is 0. The van der Waals surface area contributed by atoms with E-state index in [-0.39, 0.29) is 28.3 Å². The van der Waals surface area contributed by atoms with Crippen molar-refractivity contribution < 1.29 is 37.0 Å². The van der Waals surface area contributed by atoms with E-state index in [0.717, 1.165) is 24.3 Å². The SMILES string of the molecule is COC(=O)c1cc(OC)c(OC)cc1NC(=O)c1ccc(C(F)(F)F)cc1. The van der Waals surface area contributed by atoms with E-state index in [1.807, 2.05) is 0 Å². The molecule has 27 heavy (non-hydrogen) atoms. The van der Waals surface area contributed by atoms with Crippen molar-refractivity contribution in [1.82, 2.24) is 0 Å². The van der Waals surface area contributed by atoms with Crippen molar-refractivity contribution in [1.29, 1.82) is 0 Å². The molecule has 0 radical (unpaired) electrons. The van der Waals surface area contributed by atoms with E-state index in [2.05, 4.69) is 10.1 Å². The Kier molecular flexibility index (Phi) is 5.94. The lowest BCUT2D eigenvalue weighted by molar-refractivity contribution is -0.137. The van der Waals surface area contributed by atoms with Crippen LogP contribution < -0.4 is 14.8 Å². The van der Waals surface area contributed by atoms with Crippen molar-refractivity contribution in [2.45, 2.75) is 6.18 Å². The fraction of sp³-hybridized carbons (Fsp3) is 0.222. The number of benzene rings is 2. The summed E-state index contributed by atoms with van der Waals surface area (Å²) in [7, 11) is 3.91. The Morgan fingerprint density at radius 1 is 0.926 bits per heavy atom. The summed E-state index contributed by atoms with van der Waals surface area (Å²) in [5.74, 6) is -0.960. The van der Waals surface area contributed by atoms with Gasteiger partial charge in [0.1, 0.15) is 0 Å². The first-order chi connectivity index (χ1) is 12.7. The van der Waals surface area contributed by atoms with E-state index >= 15 is 0 Å². The van der Waals surface area contributed by atoms with Gasteiger partial charge in [-0.25, -0.2) is 4.79 Å². The third-order valence-electron chi connectivity index (χ3n) is 3.65. The molecule has 0 fully saturated rings. The van der Waals surface area contributed by atoms with Gasteiger partial charge in [0.25, 0.3) is 5.91 Å². The number of halogens is 3. The number of esters is 1. The molecule has 0 saturated heterocycles. The van der Waals surface area contributed by atoms with Crippen molar-refractivity contribution in [3.63, 3.8) is 0 Å². The zero-order valence-electron chi connectivity index (χ0n) is 14.6. The van der Waals surface area contributed by atoms with Gasteiger partial charge in [-0.15, -0.1) is 0 Å².